The van der Waals surface area contributed by atoms with Crippen molar-refractivity contribution in [2.45, 2.75) is 12.3 Å². The first-order chi connectivity index (χ1) is 11.9. The summed E-state index contributed by atoms with van der Waals surface area (Å²) in [6.45, 7) is 3.49. The van der Waals surface area contributed by atoms with E-state index in [2.05, 4.69) is 6.58 Å². The summed E-state index contributed by atoms with van der Waals surface area (Å²) in [5.74, 6) is -2.51. The lowest BCUT2D eigenvalue weighted by atomic mass is 9.86. The van der Waals surface area contributed by atoms with Crippen LogP contribution in [0.25, 0.3) is 11.1 Å². The van der Waals surface area contributed by atoms with Gasteiger partial charge in [-0.3, -0.25) is 25.0 Å². The Morgan fingerprint density at radius 3 is 2.28 bits per heavy atom. The number of carboxylic acid groups (broad SMARTS) is 1. The van der Waals surface area contributed by atoms with Gasteiger partial charge < -0.3 is 5.11 Å². The van der Waals surface area contributed by atoms with Crippen LogP contribution in [-0.2, 0) is 4.79 Å². The van der Waals surface area contributed by atoms with E-state index >= 15 is 0 Å². The normalized spacial score (nSPS) is 11.5. The highest BCUT2D eigenvalue weighted by molar-refractivity contribution is 5.85. The smallest absolute Gasteiger partial charge is 0.311 e. The molecule has 0 spiro atoms. The van der Waals surface area contributed by atoms with Crippen LogP contribution in [0.3, 0.4) is 0 Å². The number of nitro benzene ring substituents is 2. The van der Waals surface area contributed by atoms with Gasteiger partial charge in [-0.05, 0) is 17.5 Å². The van der Waals surface area contributed by atoms with Crippen molar-refractivity contribution in [3.8, 4) is 11.1 Å². The standard InChI is InChI=1S/C17H14N2O6/c1-2-6-13(17(20)21)16-14(11-7-4-3-5-8-11)9-12(18(22)23)10-15(16)19(24)25/h2-5,7-10,13H,1,6H2,(H,20,21). The fourth-order valence-corrected chi connectivity index (χ4v) is 2.61. The lowest BCUT2D eigenvalue weighted by molar-refractivity contribution is -0.394. The van der Waals surface area contributed by atoms with Gasteiger partial charge in [-0.1, -0.05) is 36.4 Å². The highest BCUT2D eigenvalue weighted by Crippen LogP contribution is 2.41. The van der Waals surface area contributed by atoms with Gasteiger partial charge in [0.15, 0.2) is 0 Å². The van der Waals surface area contributed by atoms with E-state index in [9.17, 15) is 30.1 Å². The third kappa shape index (κ3) is 3.69. The molecule has 1 atom stereocenters. The molecule has 2 aromatic rings. The van der Waals surface area contributed by atoms with E-state index in [0.29, 0.717) is 5.56 Å². The number of hydrogen-bond donors (Lipinski definition) is 1. The van der Waals surface area contributed by atoms with E-state index in [-0.39, 0.29) is 17.5 Å². The fourth-order valence-electron chi connectivity index (χ4n) is 2.61. The van der Waals surface area contributed by atoms with Crippen LogP contribution in [0.15, 0.2) is 55.1 Å². The van der Waals surface area contributed by atoms with Crippen molar-refractivity contribution in [2.75, 3.05) is 0 Å². The Labute approximate surface area is 142 Å². The average molecular weight is 342 g/mol. The van der Waals surface area contributed by atoms with Gasteiger partial charge in [-0.15, -0.1) is 6.58 Å². The Bertz CT molecular complexity index is 848. The maximum absolute atomic E-state index is 11.7. The lowest BCUT2D eigenvalue weighted by Gasteiger charge is -2.16. The van der Waals surface area contributed by atoms with E-state index < -0.39 is 33.1 Å². The minimum Gasteiger partial charge on any atom is -0.481 e. The second-order valence-electron chi connectivity index (χ2n) is 5.22. The second-order valence-corrected chi connectivity index (χ2v) is 5.22. The summed E-state index contributed by atoms with van der Waals surface area (Å²) in [6, 6.07) is 10.2. The summed E-state index contributed by atoms with van der Waals surface area (Å²) in [7, 11) is 0. The third-order valence-corrected chi connectivity index (χ3v) is 3.68. The predicted molar refractivity (Wildman–Crippen MR) is 90.4 cm³/mol. The summed E-state index contributed by atoms with van der Waals surface area (Å²) < 4.78 is 0. The van der Waals surface area contributed by atoms with Crippen LogP contribution in [0.2, 0.25) is 0 Å². The molecule has 0 aliphatic rings. The SMILES string of the molecule is C=CCC(C(=O)O)c1c(-c2ccccc2)cc([N+](=O)[O-])cc1[N+](=O)[O-]. The zero-order valence-electron chi connectivity index (χ0n) is 13.0. The van der Waals surface area contributed by atoms with E-state index in [1.807, 2.05) is 0 Å². The molecule has 0 saturated carbocycles. The molecule has 0 bridgehead atoms. The van der Waals surface area contributed by atoms with Crippen molar-refractivity contribution < 1.29 is 19.7 Å². The number of rotatable bonds is 7. The molecular weight excluding hydrogens is 328 g/mol. The quantitative estimate of drug-likeness (QED) is 0.462. The largest absolute Gasteiger partial charge is 0.481 e. The van der Waals surface area contributed by atoms with Crippen molar-refractivity contribution in [1.82, 2.24) is 0 Å². The Morgan fingerprint density at radius 2 is 1.80 bits per heavy atom. The summed E-state index contributed by atoms with van der Waals surface area (Å²) in [5.41, 5.74) is -0.538. The fraction of sp³-hybridized carbons (Fsp3) is 0.118. The molecule has 1 unspecified atom stereocenters. The zero-order chi connectivity index (χ0) is 18.6. The van der Waals surface area contributed by atoms with E-state index in [1.54, 1.807) is 30.3 Å². The molecule has 2 rings (SSSR count). The first kappa shape index (κ1) is 17.8. The Kier molecular flexibility index (Phi) is 5.23. The summed E-state index contributed by atoms with van der Waals surface area (Å²) in [6.07, 6.45) is 1.30. The predicted octanol–water partition coefficient (Wildman–Crippen LogP) is 3.91. The van der Waals surface area contributed by atoms with Crippen molar-refractivity contribution in [1.29, 1.82) is 0 Å². The maximum atomic E-state index is 11.7. The van der Waals surface area contributed by atoms with Crippen LogP contribution in [0.4, 0.5) is 11.4 Å². The molecular formula is C17H14N2O6. The van der Waals surface area contributed by atoms with Crippen molar-refractivity contribution in [2.24, 2.45) is 0 Å². The molecule has 0 amide bonds. The molecule has 8 heteroatoms. The summed E-state index contributed by atoms with van der Waals surface area (Å²) in [4.78, 5) is 32.7. The van der Waals surface area contributed by atoms with Crippen LogP contribution >= 0.6 is 0 Å². The molecule has 0 aromatic heterocycles. The number of nitro groups is 2. The monoisotopic (exact) mass is 342 g/mol. The van der Waals surface area contributed by atoms with Crippen LogP contribution in [0.1, 0.15) is 17.9 Å². The number of carbonyl (C=O) groups is 1. The first-order valence-corrected chi connectivity index (χ1v) is 7.22. The molecule has 0 aliphatic carbocycles. The van der Waals surface area contributed by atoms with Crippen LogP contribution in [0.5, 0.6) is 0 Å². The highest BCUT2D eigenvalue weighted by Gasteiger charge is 2.33. The second kappa shape index (κ2) is 7.35. The van der Waals surface area contributed by atoms with Gasteiger partial charge in [-0.25, -0.2) is 0 Å². The molecule has 0 heterocycles. The Balaban J connectivity index is 2.90. The van der Waals surface area contributed by atoms with Gasteiger partial charge in [0.2, 0.25) is 0 Å². The van der Waals surface area contributed by atoms with Gasteiger partial charge >= 0.3 is 5.97 Å². The van der Waals surface area contributed by atoms with Crippen molar-refractivity contribution >= 4 is 17.3 Å². The van der Waals surface area contributed by atoms with Crippen molar-refractivity contribution in [3.63, 3.8) is 0 Å². The van der Waals surface area contributed by atoms with E-state index in [1.165, 1.54) is 6.08 Å². The number of nitrogens with zero attached hydrogens (tertiary/aromatic N) is 2. The lowest BCUT2D eigenvalue weighted by Crippen LogP contribution is -2.14. The molecule has 0 saturated heterocycles. The molecule has 25 heavy (non-hydrogen) atoms. The minimum atomic E-state index is -1.27. The van der Waals surface area contributed by atoms with Gasteiger partial charge in [-0.2, -0.15) is 0 Å². The first-order valence-electron chi connectivity index (χ1n) is 7.22. The van der Waals surface area contributed by atoms with Gasteiger partial charge in [0, 0.05) is 6.07 Å². The molecule has 8 nitrogen and oxygen atoms in total. The summed E-state index contributed by atoms with van der Waals surface area (Å²) in [5, 5.41) is 32.1. The number of allylic oxidation sites excluding steroid dienone is 1. The number of non-ortho nitro benzene ring substituents is 1. The number of carboxylic acids is 1. The van der Waals surface area contributed by atoms with Gasteiger partial charge in [0.25, 0.3) is 11.4 Å². The molecule has 0 radical (unpaired) electrons. The zero-order valence-corrected chi connectivity index (χ0v) is 13.0. The maximum Gasteiger partial charge on any atom is 0.311 e. The molecule has 1 N–H and O–H groups in total. The molecule has 0 fully saturated rings. The highest BCUT2D eigenvalue weighted by atomic mass is 16.6. The molecule has 128 valence electrons. The molecule has 2 aromatic carbocycles. The van der Waals surface area contributed by atoms with Crippen LogP contribution < -0.4 is 0 Å². The number of benzene rings is 2. The Morgan fingerprint density at radius 1 is 1.16 bits per heavy atom. The minimum absolute atomic E-state index is 0.0478. The van der Waals surface area contributed by atoms with Crippen molar-refractivity contribution in [3.05, 3.63) is 80.9 Å². The van der Waals surface area contributed by atoms with Gasteiger partial charge in [0.1, 0.15) is 0 Å². The summed E-state index contributed by atoms with van der Waals surface area (Å²) >= 11 is 0. The third-order valence-electron chi connectivity index (χ3n) is 3.68. The van der Waals surface area contributed by atoms with E-state index in [4.69, 9.17) is 0 Å². The van der Waals surface area contributed by atoms with Crippen LogP contribution in [0, 0.1) is 20.2 Å². The number of aliphatic carboxylic acids is 1. The number of hydrogen-bond acceptors (Lipinski definition) is 5. The Hall–Kier alpha value is -3.55. The average Bonchev–Trinajstić information content (AvgIpc) is 2.59. The van der Waals surface area contributed by atoms with Gasteiger partial charge in [0.05, 0.1) is 27.4 Å². The molecule has 0 aliphatic heterocycles. The topological polar surface area (TPSA) is 124 Å². The van der Waals surface area contributed by atoms with Crippen LogP contribution in [-0.4, -0.2) is 20.9 Å². The van der Waals surface area contributed by atoms with E-state index in [0.717, 1.165) is 12.1 Å².